The number of nitrogens with two attached hydrogens (primary N) is 1. The van der Waals surface area contributed by atoms with Crippen molar-refractivity contribution in [3.8, 4) is 5.69 Å². The summed E-state index contributed by atoms with van der Waals surface area (Å²) in [5, 5.41) is 0. The van der Waals surface area contributed by atoms with Crippen molar-refractivity contribution in [3.63, 3.8) is 0 Å². The van der Waals surface area contributed by atoms with E-state index >= 15 is 0 Å². The van der Waals surface area contributed by atoms with Crippen LogP contribution in [0.3, 0.4) is 0 Å². The summed E-state index contributed by atoms with van der Waals surface area (Å²) in [7, 11) is 0. The van der Waals surface area contributed by atoms with Gasteiger partial charge < -0.3 is 5.73 Å². The Balaban J connectivity index is 2.40. The number of nitrogens with zero attached hydrogens (tertiary/aromatic N) is 2. The molecule has 0 spiro atoms. The van der Waals surface area contributed by atoms with Gasteiger partial charge in [0.15, 0.2) is 11.6 Å². The van der Waals surface area contributed by atoms with Crippen LogP contribution >= 0.6 is 0 Å². The molecule has 0 fully saturated rings. The Kier molecular flexibility index (Phi) is 2.48. The van der Waals surface area contributed by atoms with Crippen molar-refractivity contribution in [2.75, 3.05) is 5.73 Å². The van der Waals surface area contributed by atoms with E-state index in [1.54, 1.807) is 6.07 Å². The zero-order valence-electron chi connectivity index (χ0n) is 10.2. The third kappa shape index (κ3) is 1.66. The second-order valence-electron chi connectivity index (χ2n) is 4.32. The van der Waals surface area contributed by atoms with Crippen LogP contribution in [0.1, 0.15) is 5.56 Å². The van der Waals surface area contributed by atoms with Gasteiger partial charge in [0.1, 0.15) is 0 Å². The van der Waals surface area contributed by atoms with Crippen molar-refractivity contribution in [1.29, 1.82) is 0 Å². The second kappa shape index (κ2) is 4.05. The number of benzene rings is 2. The van der Waals surface area contributed by atoms with Gasteiger partial charge in [-0.1, -0.05) is 18.2 Å². The highest BCUT2D eigenvalue weighted by atomic mass is 19.2. The number of anilines is 1. The molecule has 0 unspecified atom stereocenters. The highest BCUT2D eigenvalue weighted by Crippen LogP contribution is 2.27. The smallest absolute Gasteiger partial charge is 0.206 e. The average molecular weight is 259 g/mol. The van der Waals surface area contributed by atoms with Crippen molar-refractivity contribution >= 4 is 17.0 Å². The molecule has 1 heterocycles. The average Bonchev–Trinajstić information content (AvgIpc) is 2.71. The van der Waals surface area contributed by atoms with E-state index in [-0.39, 0.29) is 11.6 Å². The summed E-state index contributed by atoms with van der Waals surface area (Å²) in [6.45, 7) is 1.89. The van der Waals surface area contributed by atoms with Gasteiger partial charge in [-0.15, -0.1) is 0 Å². The lowest BCUT2D eigenvalue weighted by atomic mass is 10.2. The quantitative estimate of drug-likeness (QED) is 0.729. The van der Waals surface area contributed by atoms with Crippen LogP contribution in [-0.2, 0) is 0 Å². The Morgan fingerprint density at radius 1 is 1.11 bits per heavy atom. The van der Waals surface area contributed by atoms with Crippen LogP contribution in [0.5, 0.6) is 0 Å². The monoisotopic (exact) mass is 259 g/mol. The van der Waals surface area contributed by atoms with Gasteiger partial charge in [-0.3, -0.25) is 4.57 Å². The highest BCUT2D eigenvalue weighted by molar-refractivity contribution is 5.83. The zero-order chi connectivity index (χ0) is 13.6. The molecular formula is C14H11F2N3. The Labute approximate surface area is 108 Å². The molecule has 3 rings (SSSR count). The van der Waals surface area contributed by atoms with Crippen LogP contribution in [0.15, 0.2) is 36.4 Å². The predicted molar refractivity (Wildman–Crippen MR) is 70.1 cm³/mol. The summed E-state index contributed by atoms with van der Waals surface area (Å²) in [6, 6.07) is 9.47. The van der Waals surface area contributed by atoms with Crippen LogP contribution in [0.4, 0.5) is 14.7 Å². The SMILES string of the molecule is Cc1cccc2c1nc(N)n2-c1cccc(F)c1F. The van der Waals surface area contributed by atoms with Crippen LogP contribution < -0.4 is 5.73 Å². The van der Waals surface area contributed by atoms with E-state index in [2.05, 4.69) is 4.98 Å². The van der Waals surface area contributed by atoms with Crippen molar-refractivity contribution in [2.45, 2.75) is 6.92 Å². The van der Waals surface area contributed by atoms with Crippen molar-refractivity contribution < 1.29 is 8.78 Å². The summed E-state index contributed by atoms with van der Waals surface area (Å²) >= 11 is 0. The molecule has 3 aromatic rings. The highest BCUT2D eigenvalue weighted by Gasteiger charge is 2.16. The topological polar surface area (TPSA) is 43.8 Å². The first-order valence-corrected chi connectivity index (χ1v) is 5.77. The molecule has 0 aliphatic rings. The minimum absolute atomic E-state index is 0.0607. The first-order valence-electron chi connectivity index (χ1n) is 5.77. The number of fused-ring (bicyclic) bond motifs is 1. The molecule has 0 saturated heterocycles. The third-order valence-electron chi connectivity index (χ3n) is 3.08. The van der Waals surface area contributed by atoms with Crippen LogP contribution in [0.25, 0.3) is 16.7 Å². The van der Waals surface area contributed by atoms with Gasteiger partial charge in [0.05, 0.1) is 16.7 Å². The van der Waals surface area contributed by atoms with Crippen molar-refractivity contribution in [1.82, 2.24) is 9.55 Å². The molecule has 1 aromatic heterocycles. The van der Waals surface area contributed by atoms with Gasteiger partial charge in [0.2, 0.25) is 5.95 Å². The number of imidazole rings is 1. The fourth-order valence-corrected chi connectivity index (χ4v) is 2.18. The third-order valence-corrected chi connectivity index (χ3v) is 3.08. The first kappa shape index (κ1) is 11.6. The summed E-state index contributed by atoms with van der Waals surface area (Å²) in [6.07, 6.45) is 0. The minimum Gasteiger partial charge on any atom is -0.369 e. The molecule has 5 heteroatoms. The fourth-order valence-electron chi connectivity index (χ4n) is 2.18. The maximum atomic E-state index is 13.9. The number of rotatable bonds is 1. The molecule has 0 aliphatic heterocycles. The van der Waals surface area contributed by atoms with Gasteiger partial charge in [0.25, 0.3) is 0 Å². The number of nitrogen functional groups attached to an aromatic ring is 1. The van der Waals surface area contributed by atoms with E-state index in [0.29, 0.717) is 11.0 Å². The molecule has 19 heavy (non-hydrogen) atoms. The lowest BCUT2D eigenvalue weighted by molar-refractivity contribution is 0.505. The summed E-state index contributed by atoms with van der Waals surface area (Å²) in [5.74, 6) is -1.71. The molecular weight excluding hydrogens is 248 g/mol. The molecule has 0 saturated carbocycles. The summed E-state index contributed by atoms with van der Waals surface area (Å²) in [5.41, 5.74) is 8.17. The van der Waals surface area contributed by atoms with E-state index in [1.807, 2.05) is 19.1 Å². The molecule has 0 atom stereocenters. The van der Waals surface area contributed by atoms with Crippen molar-refractivity contribution in [3.05, 3.63) is 53.6 Å². The Morgan fingerprint density at radius 2 is 1.84 bits per heavy atom. The molecule has 96 valence electrons. The predicted octanol–water partition coefficient (Wildman–Crippen LogP) is 3.19. The van der Waals surface area contributed by atoms with Gasteiger partial charge in [-0.2, -0.15) is 0 Å². The number of aryl methyl sites for hydroxylation is 1. The molecule has 0 radical (unpaired) electrons. The summed E-state index contributed by atoms with van der Waals surface area (Å²) in [4.78, 5) is 4.21. The van der Waals surface area contributed by atoms with E-state index in [4.69, 9.17) is 5.73 Å². The summed E-state index contributed by atoms with van der Waals surface area (Å²) < 4.78 is 28.6. The molecule has 0 bridgehead atoms. The number of hydrogen-bond donors (Lipinski definition) is 1. The fraction of sp³-hybridized carbons (Fsp3) is 0.0714. The van der Waals surface area contributed by atoms with E-state index in [0.717, 1.165) is 11.6 Å². The molecule has 0 amide bonds. The minimum atomic E-state index is -0.935. The molecule has 2 N–H and O–H groups in total. The van der Waals surface area contributed by atoms with Gasteiger partial charge >= 0.3 is 0 Å². The van der Waals surface area contributed by atoms with Gasteiger partial charge in [-0.25, -0.2) is 13.8 Å². The van der Waals surface area contributed by atoms with E-state index in [1.165, 1.54) is 16.7 Å². The standard InChI is InChI=1S/C14H11F2N3/c1-8-4-2-7-11-13(8)18-14(17)19(11)10-6-3-5-9(15)12(10)16/h2-7H,1H3,(H2,17,18). The number of aromatic nitrogens is 2. The first-order chi connectivity index (χ1) is 9.09. The molecule has 3 nitrogen and oxygen atoms in total. The molecule has 0 aliphatic carbocycles. The normalized spacial score (nSPS) is 11.1. The van der Waals surface area contributed by atoms with Crippen molar-refractivity contribution in [2.24, 2.45) is 0 Å². The Morgan fingerprint density at radius 3 is 2.63 bits per heavy atom. The van der Waals surface area contributed by atoms with Gasteiger partial charge in [0, 0.05) is 0 Å². The number of halogens is 2. The molecule has 2 aromatic carbocycles. The van der Waals surface area contributed by atoms with Gasteiger partial charge in [-0.05, 0) is 30.7 Å². The Bertz CT molecular complexity index is 778. The van der Waals surface area contributed by atoms with E-state index < -0.39 is 11.6 Å². The van der Waals surface area contributed by atoms with Crippen LogP contribution in [-0.4, -0.2) is 9.55 Å². The van der Waals surface area contributed by atoms with E-state index in [9.17, 15) is 8.78 Å². The lowest BCUT2D eigenvalue weighted by Crippen LogP contribution is -2.04. The largest absolute Gasteiger partial charge is 0.369 e. The van der Waals surface area contributed by atoms with Crippen LogP contribution in [0, 0.1) is 18.6 Å². The number of hydrogen-bond acceptors (Lipinski definition) is 2. The maximum Gasteiger partial charge on any atom is 0.206 e. The Hall–Kier alpha value is -2.43. The number of para-hydroxylation sites is 1. The lowest BCUT2D eigenvalue weighted by Gasteiger charge is -2.08. The zero-order valence-corrected chi connectivity index (χ0v) is 10.2. The second-order valence-corrected chi connectivity index (χ2v) is 4.32. The van der Waals surface area contributed by atoms with Crippen LogP contribution in [0.2, 0.25) is 0 Å². The maximum absolute atomic E-state index is 13.9.